The molecular formula is C15H20ClFN4. The van der Waals surface area contributed by atoms with Crippen LogP contribution in [-0.2, 0) is 19.9 Å². The number of halogens is 2. The Morgan fingerprint density at radius 1 is 1.38 bits per heavy atom. The van der Waals surface area contributed by atoms with Crippen LogP contribution in [0.1, 0.15) is 22.5 Å². The van der Waals surface area contributed by atoms with Gasteiger partial charge in [-0.2, -0.15) is 5.10 Å². The average Bonchev–Trinajstić information content (AvgIpc) is 2.68. The molecule has 21 heavy (non-hydrogen) atoms. The molecule has 0 aliphatic rings. The molecule has 114 valence electrons. The predicted molar refractivity (Wildman–Crippen MR) is 82.6 cm³/mol. The Balaban J connectivity index is 2.14. The third kappa shape index (κ3) is 3.61. The van der Waals surface area contributed by atoms with Crippen molar-refractivity contribution in [1.29, 1.82) is 0 Å². The van der Waals surface area contributed by atoms with E-state index in [-0.39, 0.29) is 11.1 Å². The van der Waals surface area contributed by atoms with Crippen molar-refractivity contribution in [2.75, 3.05) is 0 Å². The van der Waals surface area contributed by atoms with Crippen molar-refractivity contribution >= 4 is 11.6 Å². The van der Waals surface area contributed by atoms with Crippen molar-refractivity contribution in [3.8, 4) is 0 Å². The highest BCUT2D eigenvalue weighted by molar-refractivity contribution is 6.30. The molecule has 1 unspecified atom stereocenters. The van der Waals surface area contributed by atoms with E-state index in [2.05, 4.69) is 10.5 Å². The van der Waals surface area contributed by atoms with E-state index in [0.29, 0.717) is 6.42 Å². The van der Waals surface area contributed by atoms with E-state index in [1.54, 1.807) is 6.07 Å². The first kappa shape index (κ1) is 15.9. The number of benzene rings is 1. The molecule has 0 amide bonds. The van der Waals surface area contributed by atoms with Gasteiger partial charge in [0.1, 0.15) is 5.82 Å². The number of nitrogens with two attached hydrogens (primary N) is 1. The van der Waals surface area contributed by atoms with Crippen LogP contribution in [0.25, 0.3) is 0 Å². The first-order valence-corrected chi connectivity index (χ1v) is 7.19. The molecule has 6 heteroatoms. The Kier molecular flexibility index (Phi) is 4.98. The Labute approximate surface area is 129 Å². The van der Waals surface area contributed by atoms with Crippen LogP contribution in [0.15, 0.2) is 18.2 Å². The number of aryl methyl sites for hydroxylation is 2. The minimum absolute atomic E-state index is 0.00664. The third-order valence-corrected chi connectivity index (χ3v) is 4.12. The van der Waals surface area contributed by atoms with Gasteiger partial charge in [0.25, 0.3) is 0 Å². The number of hydrogen-bond acceptors (Lipinski definition) is 3. The zero-order chi connectivity index (χ0) is 15.6. The van der Waals surface area contributed by atoms with E-state index >= 15 is 0 Å². The Hall–Kier alpha value is -1.43. The summed E-state index contributed by atoms with van der Waals surface area (Å²) in [5.74, 6) is 5.24. The van der Waals surface area contributed by atoms with E-state index in [1.165, 1.54) is 11.6 Å². The normalized spacial score (nSPS) is 12.7. The van der Waals surface area contributed by atoms with Gasteiger partial charge < -0.3 is 0 Å². The van der Waals surface area contributed by atoms with Crippen LogP contribution in [0.2, 0.25) is 5.02 Å². The van der Waals surface area contributed by atoms with Crippen molar-refractivity contribution in [1.82, 2.24) is 15.2 Å². The van der Waals surface area contributed by atoms with Crippen LogP contribution < -0.4 is 11.3 Å². The first-order chi connectivity index (χ1) is 9.92. The summed E-state index contributed by atoms with van der Waals surface area (Å²) in [4.78, 5) is 0. The van der Waals surface area contributed by atoms with Gasteiger partial charge in [-0.15, -0.1) is 0 Å². The molecule has 0 bridgehead atoms. The molecule has 1 aromatic carbocycles. The topological polar surface area (TPSA) is 55.9 Å². The van der Waals surface area contributed by atoms with E-state index < -0.39 is 5.82 Å². The van der Waals surface area contributed by atoms with E-state index in [0.717, 1.165) is 23.4 Å². The lowest BCUT2D eigenvalue weighted by molar-refractivity contribution is 0.518. The molecule has 1 aromatic heterocycles. The fraction of sp³-hybridized carbons (Fsp3) is 0.400. The van der Waals surface area contributed by atoms with Crippen LogP contribution in [0, 0.1) is 19.7 Å². The lowest BCUT2D eigenvalue weighted by atomic mass is 9.98. The molecule has 0 radical (unpaired) electrons. The van der Waals surface area contributed by atoms with Gasteiger partial charge in [0.2, 0.25) is 0 Å². The standard InChI is InChI=1S/C15H20ClFN4/c1-9-13(10(2)21(3)20-9)8-12(19-18)6-11-4-5-14(16)15(17)7-11/h4-5,7,12,19H,6,8,18H2,1-3H3. The van der Waals surface area contributed by atoms with Crippen molar-refractivity contribution in [3.63, 3.8) is 0 Å². The number of nitrogens with one attached hydrogen (secondary N) is 1. The maximum absolute atomic E-state index is 13.5. The van der Waals surface area contributed by atoms with E-state index in [1.807, 2.05) is 31.6 Å². The van der Waals surface area contributed by atoms with Crippen LogP contribution >= 0.6 is 11.6 Å². The Bertz CT molecular complexity index is 639. The SMILES string of the molecule is Cc1nn(C)c(C)c1CC(Cc1ccc(Cl)c(F)c1)NN. The molecule has 0 saturated heterocycles. The van der Waals surface area contributed by atoms with Crippen molar-refractivity contribution in [3.05, 3.63) is 51.6 Å². The summed E-state index contributed by atoms with van der Waals surface area (Å²) in [6, 6.07) is 4.85. The van der Waals surface area contributed by atoms with Crippen LogP contribution in [0.3, 0.4) is 0 Å². The highest BCUT2D eigenvalue weighted by atomic mass is 35.5. The van der Waals surface area contributed by atoms with Gasteiger partial charge in [0, 0.05) is 18.8 Å². The summed E-state index contributed by atoms with van der Waals surface area (Å²) in [7, 11) is 1.92. The first-order valence-electron chi connectivity index (χ1n) is 6.81. The molecule has 0 saturated carbocycles. The molecule has 2 rings (SSSR count). The summed E-state index contributed by atoms with van der Waals surface area (Å²) in [6.07, 6.45) is 1.37. The molecule has 2 aromatic rings. The van der Waals surface area contributed by atoms with Gasteiger partial charge >= 0.3 is 0 Å². The zero-order valence-electron chi connectivity index (χ0n) is 12.5. The molecule has 0 fully saturated rings. The molecule has 1 heterocycles. The van der Waals surface area contributed by atoms with Gasteiger partial charge in [-0.05, 0) is 49.9 Å². The number of rotatable bonds is 5. The Morgan fingerprint density at radius 3 is 2.62 bits per heavy atom. The summed E-state index contributed by atoms with van der Waals surface area (Å²) < 4.78 is 15.4. The fourth-order valence-corrected chi connectivity index (χ4v) is 2.62. The zero-order valence-corrected chi connectivity index (χ0v) is 13.2. The van der Waals surface area contributed by atoms with Crippen LogP contribution in [0.5, 0.6) is 0 Å². The molecular weight excluding hydrogens is 291 g/mol. The Morgan fingerprint density at radius 2 is 2.10 bits per heavy atom. The number of aromatic nitrogens is 2. The largest absolute Gasteiger partial charge is 0.272 e. The molecule has 0 spiro atoms. The highest BCUT2D eigenvalue weighted by Gasteiger charge is 2.16. The van der Waals surface area contributed by atoms with Gasteiger partial charge in [-0.25, -0.2) is 4.39 Å². The highest BCUT2D eigenvalue weighted by Crippen LogP contribution is 2.19. The summed E-state index contributed by atoms with van der Waals surface area (Å²) >= 11 is 5.70. The van der Waals surface area contributed by atoms with Gasteiger partial charge in [0.15, 0.2) is 0 Å². The smallest absolute Gasteiger partial charge is 0.142 e. The fourth-order valence-electron chi connectivity index (χ4n) is 2.50. The van der Waals surface area contributed by atoms with Gasteiger partial charge in [0.05, 0.1) is 10.7 Å². The molecule has 0 aliphatic carbocycles. The van der Waals surface area contributed by atoms with E-state index in [9.17, 15) is 4.39 Å². The van der Waals surface area contributed by atoms with Crippen molar-refractivity contribution < 1.29 is 4.39 Å². The van der Waals surface area contributed by atoms with Crippen LogP contribution in [-0.4, -0.2) is 15.8 Å². The second-order valence-electron chi connectivity index (χ2n) is 5.29. The van der Waals surface area contributed by atoms with E-state index in [4.69, 9.17) is 17.4 Å². The molecule has 0 aliphatic heterocycles. The number of hydrazine groups is 1. The van der Waals surface area contributed by atoms with Crippen molar-refractivity contribution in [2.45, 2.75) is 32.7 Å². The van der Waals surface area contributed by atoms with Crippen LogP contribution in [0.4, 0.5) is 4.39 Å². The summed E-state index contributed by atoms with van der Waals surface area (Å²) in [5, 5.41) is 4.54. The summed E-state index contributed by atoms with van der Waals surface area (Å²) in [5.41, 5.74) is 6.96. The average molecular weight is 311 g/mol. The number of hydrogen-bond donors (Lipinski definition) is 2. The monoisotopic (exact) mass is 310 g/mol. The quantitative estimate of drug-likeness (QED) is 0.659. The lowest BCUT2D eigenvalue weighted by Crippen LogP contribution is -2.38. The van der Waals surface area contributed by atoms with Gasteiger partial charge in [-0.3, -0.25) is 16.0 Å². The third-order valence-electron chi connectivity index (χ3n) is 3.81. The second-order valence-corrected chi connectivity index (χ2v) is 5.70. The summed E-state index contributed by atoms with van der Waals surface area (Å²) in [6.45, 7) is 4.02. The molecule has 3 N–H and O–H groups in total. The van der Waals surface area contributed by atoms with Gasteiger partial charge in [-0.1, -0.05) is 17.7 Å². The minimum Gasteiger partial charge on any atom is -0.272 e. The predicted octanol–water partition coefficient (Wildman–Crippen LogP) is 2.45. The molecule has 4 nitrogen and oxygen atoms in total. The second kappa shape index (κ2) is 6.56. The molecule has 1 atom stereocenters. The maximum Gasteiger partial charge on any atom is 0.142 e. The minimum atomic E-state index is -0.404. The number of nitrogens with zero attached hydrogens (tertiary/aromatic N) is 2. The lowest BCUT2D eigenvalue weighted by Gasteiger charge is -2.16. The van der Waals surface area contributed by atoms with Crippen molar-refractivity contribution in [2.24, 2.45) is 12.9 Å². The maximum atomic E-state index is 13.5.